The summed E-state index contributed by atoms with van der Waals surface area (Å²) in [5, 5.41) is 0.702. The standard InChI is InChI=1S/C25H22N3OS.ClHO4/c1-25(2)18-11-7-8-12-20(18)27(3)22(25)14-13-21-23(29)28-16-15-19(26-24(28)30-21)17-9-5-4-6-10-17;2-1(3,4)5/h4-16H,1-3H3;(H,2,3,4,5)/q+1;/p-1. The van der Waals surface area contributed by atoms with Crippen molar-refractivity contribution in [2.45, 2.75) is 24.4 Å². The van der Waals surface area contributed by atoms with Gasteiger partial charge in [-0.15, -0.1) is 10.2 Å². The van der Waals surface area contributed by atoms with Crippen LogP contribution in [0.25, 0.3) is 11.3 Å². The number of thioether (sulfide) groups is 1. The Morgan fingerprint density at radius 3 is 2.26 bits per heavy atom. The molecule has 0 N–H and O–H groups in total. The third-order valence-electron chi connectivity index (χ3n) is 5.84. The van der Waals surface area contributed by atoms with Crippen LogP contribution in [-0.2, 0) is 5.41 Å². The number of benzene rings is 2. The molecule has 5 rings (SSSR count). The average molecular weight is 512 g/mol. The molecule has 0 saturated carbocycles. The van der Waals surface area contributed by atoms with Crippen molar-refractivity contribution in [3.63, 3.8) is 0 Å². The van der Waals surface area contributed by atoms with Gasteiger partial charge in [0.2, 0.25) is 0 Å². The van der Waals surface area contributed by atoms with Crippen LogP contribution in [0.3, 0.4) is 0 Å². The Balaban J connectivity index is 0.000000527. The van der Waals surface area contributed by atoms with Crippen molar-refractivity contribution in [2.24, 2.45) is 0 Å². The number of hydrogen-bond acceptors (Lipinski definition) is 8. The van der Waals surface area contributed by atoms with Crippen molar-refractivity contribution >= 4 is 23.4 Å². The number of hydrogen-bond donors (Lipinski definition) is 0. The third kappa shape index (κ3) is 5.30. The molecule has 180 valence electrons. The molecule has 0 amide bonds. The summed E-state index contributed by atoms with van der Waals surface area (Å²) in [7, 11) is -2.86. The lowest BCUT2D eigenvalue weighted by Crippen LogP contribution is -2.68. The third-order valence-corrected chi connectivity index (χ3v) is 6.84. The Morgan fingerprint density at radius 1 is 0.971 bits per heavy atom. The molecule has 10 heteroatoms. The first-order valence-corrected chi connectivity index (χ1v) is 12.6. The number of allylic oxidation sites excluding steroid dienone is 4. The van der Waals surface area contributed by atoms with Gasteiger partial charge in [0.15, 0.2) is 5.69 Å². The van der Waals surface area contributed by atoms with Gasteiger partial charge in [0.1, 0.15) is 11.1 Å². The van der Waals surface area contributed by atoms with Crippen LogP contribution in [0.4, 0.5) is 5.69 Å². The van der Waals surface area contributed by atoms with Crippen molar-refractivity contribution in [1.82, 2.24) is 4.98 Å². The summed E-state index contributed by atoms with van der Waals surface area (Å²) in [5.74, 6) is -0.0325. The fourth-order valence-corrected chi connectivity index (χ4v) is 5.13. The molecule has 0 saturated heterocycles. The zero-order valence-electron chi connectivity index (χ0n) is 19.2. The summed E-state index contributed by atoms with van der Waals surface area (Å²) in [6.07, 6.45) is 5.82. The van der Waals surface area contributed by atoms with Gasteiger partial charge in [-0.25, -0.2) is 23.4 Å². The number of carbonyl (C=O) groups is 1. The number of halogens is 1. The minimum Gasteiger partial charge on any atom is -0.347 e. The lowest BCUT2D eigenvalue weighted by atomic mass is 9.84. The topological polar surface area (TPSA) is 129 Å². The molecule has 2 aliphatic heterocycles. The quantitative estimate of drug-likeness (QED) is 0.271. The molecule has 2 aromatic carbocycles. The van der Waals surface area contributed by atoms with Crippen LogP contribution >= 0.6 is 11.8 Å². The summed E-state index contributed by atoms with van der Waals surface area (Å²) < 4.78 is 35.6. The van der Waals surface area contributed by atoms with E-state index in [1.165, 1.54) is 28.7 Å². The lowest BCUT2D eigenvalue weighted by Gasteiger charge is -2.23. The van der Waals surface area contributed by atoms with Gasteiger partial charge >= 0.3 is 11.1 Å². The van der Waals surface area contributed by atoms with E-state index in [0.29, 0.717) is 10.1 Å². The largest absolute Gasteiger partial charge is 0.372 e. The van der Waals surface area contributed by atoms with Gasteiger partial charge in [-0.05, 0) is 28.8 Å². The van der Waals surface area contributed by atoms with E-state index in [0.717, 1.165) is 11.3 Å². The first kappa shape index (κ1) is 25.1. The Morgan fingerprint density at radius 2 is 1.60 bits per heavy atom. The predicted molar refractivity (Wildman–Crippen MR) is 120 cm³/mol. The second-order valence-corrected chi connectivity index (χ2v) is 10.2. The molecule has 0 radical (unpaired) electrons. The van der Waals surface area contributed by atoms with Crippen LogP contribution in [0.1, 0.15) is 24.2 Å². The van der Waals surface area contributed by atoms with E-state index in [2.05, 4.69) is 56.1 Å². The molecule has 0 fully saturated rings. The van der Waals surface area contributed by atoms with Crippen LogP contribution in [0.5, 0.6) is 0 Å². The van der Waals surface area contributed by atoms with Gasteiger partial charge in [0.25, 0.3) is 0 Å². The van der Waals surface area contributed by atoms with Crippen LogP contribution < -0.4 is 28.1 Å². The Hall–Kier alpha value is -3.05. The lowest BCUT2D eigenvalue weighted by molar-refractivity contribution is -2.00. The van der Waals surface area contributed by atoms with Crippen molar-refractivity contribution in [3.8, 4) is 11.3 Å². The smallest absolute Gasteiger partial charge is 0.347 e. The summed E-state index contributed by atoms with van der Waals surface area (Å²) in [4.78, 5) is 20.5. The van der Waals surface area contributed by atoms with Gasteiger partial charge in [0.05, 0.1) is 0 Å². The second-order valence-electron chi connectivity index (χ2n) is 8.40. The molecule has 3 aromatic rings. The normalized spacial score (nSPS) is 18.4. The summed E-state index contributed by atoms with van der Waals surface area (Å²) in [6, 6.07) is 20.4. The van der Waals surface area contributed by atoms with Gasteiger partial charge in [-0.3, -0.25) is 0 Å². The zero-order valence-corrected chi connectivity index (χ0v) is 20.7. The van der Waals surface area contributed by atoms with E-state index >= 15 is 0 Å². The molecule has 0 bridgehead atoms. The van der Waals surface area contributed by atoms with E-state index in [1.54, 1.807) is 4.57 Å². The number of nitrogens with zero attached hydrogens (tertiary/aromatic N) is 3. The van der Waals surface area contributed by atoms with E-state index in [4.69, 9.17) is 23.6 Å². The highest BCUT2D eigenvalue weighted by atomic mass is 35.7. The van der Waals surface area contributed by atoms with Gasteiger partial charge < -0.3 is 4.90 Å². The molecule has 3 heterocycles. The number of rotatable bonds is 2. The van der Waals surface area contributed by atoms with Crippen LogP contribution in [0.15, 0.2) is 94.8 Å². The van der Waals surface area contributed by atoms with Crippen LogP contribution in [0.2, 0.25) is 0 Å². The molecule has 0 spiro atoms. The van der Waals surface area contributed by atoms with Crippen molar-refractivity contribution in [1.29, 1.82) is 0 Å². The molecule has 0 aliphatic carbocycles. The number of fused-ring (bicyclic) bond motifs is 2. The van der Waals surface area contributed by atoms with Gasteiger partial charge in [0, 0.05) is 47.2 Å². The number of likely N-dealkylation sites (N-methyl/N-ethyl adjacent to an activating group) is 1. The average Bonchev–Trinajstić information content (AvgIpc) is 3.22. The molecule has 2 aliphatic rings. The highest BCUT2D eigenvalue weighted by molar-refractivity contribution is 8.04. The Bertz CT molecular complexity index is 1330. The van der Waals surface area contributed by atoms with Crippen LogP contribution in [0, 0.1) is 10.2 Å². The fourth-order valence-electron chi connectivity index (χ4n) is 4.22. The monoisotopic (exact) mass is 511 g/mol. The van der Waals surface area contributed by atoms with E-state index in [9.17, 15) is 4.79 Å². The van der Waals surface area contributed by atoms with E-state index in [1.807, 2.05) is 48.7 Å². The van der Waals surface area contributed by atoms with Crippen molar-refractivity contribution < 1.29 is 38.2 Å². The van der Waals surface area contributed by atoms with Gasteiger partial charge in [-0.1, -0.05) is 62.4 Å². The minimum atomic E-state index is -4.94. The molecule has 35 heavy (non-hydrogen) atoms. The summed E-state index contributed by atoms with van der Waals surface area (Å²) in [6.45, 7) is 4.45. The van der Waals surface area contributed by atoms with Crippen molar-refractivity contribution in [2.75, 3.05) is 11.9 Å². The summed E-state index contributed by atoms with van der Waals surface area (Å²) in [5.41, 5.74) is 5.48. The Kier molecular flexibility index (Phi) is 6.83. The van der Waals surface area contributed by atoms with E-state index < -0.39 is 10.2 Å². The number of para-hydroxylation sites is 1. The minimum absolute atomic E-state index is 0.0325. The number of carbonyl (C=O) groups excluding carboxylic acids is 1. The fraction of sp³-hybridized carbons (Fsp3) is 0.160. The molecule has 0 atom stereocenters. The molecule has 0 unspecified atom stereocenters. The van der Waals surface area contributed by atoms with E-state index in [-0.39, 0.29) is 11.3 Å². The Labute approximate surface area is 209 Å². The maximum atomic E-state index is 12.9. The highest BCUT2D eigenvalue weighted by Gasteiger charge is 2.39. The first-order chi connectivity index (χ1) is 16.5. The van der Waals surface area contributed by atoms with Crippen LogP contribution in [-0.4, -0.2) is 17.9 Å². The predicted octanol–water partition coefficient (Wildman–Crippen LogP) is 0.221. The number of aromatic nitrogens is 2. The van der Waals surface area contributed by atoms with Crippen molar-refractivity contribution in [3.05, 3.63) is 95.2 Å². The summed E-state index contributed by atoms with van der Waals surface area (Å²) >= 11 is 1.42. The van der Waals surface area contributed by atoms with Gasteiger partial charge in [-0.2, -0.15) is 4.57 Å². The molecule has 8 nitrogen and oxygen atoms in total. The number of anilines is 1. The second kappa shape index (κ2) is 9.54. The molecular weight excluding hydrogens is 490 g/mol. The highest BCUT2D eigenvalue weighted by Crippen LogP contribution is 2.46. The SMILES string of the molecule is CN1C(=CC=C2Sc3nc(-c4ccccc4)cc[n+]3C2=O)C(C)(C)c2ccccc21.[O-][Cl+3]([O-])([O-])[O-]. The maximum absolute atomic E-state index is 12.9. The zero-order chi connectivity index (χ0) is 25.4. The first-order valence-electron chi connectivity index (χ1n) is 10.5. The molecular formula is C25H22ClN3O5S. The maximum Gasteiger partial charge on any atom is 0.372 e. The molecule has 1 aromatic heterocycles.